The minimum Gasteiger partial charge on any atom is -0.300 e. The Labute approximate surface area is 94.2 Å². The third-order valence-electron chi connectivity index (χ3n) is 2.25. The average Bonchev–Trinajstić information content (AvgIpc) is 2.15. The lowest BCUT2D eigenvalue weighted by molar-refractivity contribution is -0.123. The van der Waals surface area contributed by atoms with Crippen LogP contribution in [0, 0.1) is 0 Å². The van der Waals surface area contributed by atoms with Gasteiger partial charge in [-0.05, 0) is 31.5 Å². The highest BCUT2D eigenvalue weighted by molar-refractivity contribution is 6.30. The standard InChI is InChI=1S/C12H13ClO2/c1-8(14)7-12(9(2)15)10-3-5-11(13)6-4-10/h3-6,12H,7H2,1-2H3. The lowest BCUT2D eigenvalue weighted by atomic mass is 9.91. The molecule has 1 aromatic carbocycles. The summed E-state index contributed by atoms with van der Waals surface area (Å²) >= 11 is 5.75. The molecule has 0 N–H and O–H groups in total. The Hall–Kier alpha value is -1.15. The molecular weight excluding hydrogens is 212 g/mol. The van der Waals surface area contributed by atoms with Crippen LogP contribution in [-0.4, -0.2) is 11.6 Å². The van der Waals surface area contributed by atoms with Crippen molar-refractivity contribution in [3.63, 3.8) is 0 Å². The van der Waals surface area contributed by atoms with Gasteiger partial charge in [-0.15, -0.1) is 0 Å². The summed E-state index contributed by atoms with van der Waals surface area (Å²) in [6.45, 7) is 2.99. The maximum Gasteiger partial charge on any atom is 0.137 e. The van der Waals surface area contributed by atoms with E-state index in [0.717, 1.165) is 5.56 Å². The van der Waals surface area contributed by atoms with Gasteiger partial charge >= 0.3 is 0 Å². The summed E-state index contributed by atoms with van der Waals surface area (Å²) in [5.41, 5.74) is 0.849. The number of hydrogen-bond acceptors (Lipinski definition) is 2. The van der Waals surface area contributed by atoms with E-state index in [1.165, 1.54) is 13.8 Å². The molecule has 0 aliphatic carbocycles. The van der Waals surface area contributed by atoms with Crippen molar-refractivity contribution in [1.82, 2.24) is 0 Å². The second-order valence-electron chi connectivity index (χ2n) is 3.62. The molecule has 0 aliphatic heterocycles. The first kappa shape index (κ1) is 11.9. The quantitative estimate of drug-likeness (QED) is 0.788. The highest BCUT2D eigenvalue weighted by Crippen LogP contribution is 2.22. The minimum absolute atomic E-state index is 0.00697. The van der Waals surface area contributed by atoms with Crippen molar-refractivity contribution in [2.24, 2.45) is 0 Å². The van der Waals surface area contributed by atoms with Crippen LogP contribution in [0.5, 0.6) is 0 Å². The lowest BCUT2D eigenvalue weighted by Gasteiger charge is -2.12. The summed E-state index contributed by atoms with van der Waals surface area (Å²) in [7, 11) is 0. The normalized spacial score (nSPS) is 12.2. The molecule has 3 heteroatoms. The fraction of sp³-hybridized carbons (Fsp3) is 0.333. The largest absolute Gasteiger partial charge is 0.300 e. The van der Waals surface area contributed by atoms with E-state index in [9.17, 15) is 9.59 Å². The smallest absolute Gasteiger partial charge is 0.137 e. The molecule has 1 atom stereocenters. The molecule has 0 amide bonds. The van der Waals surface area contributed by atoms with E-state index in [4.69, 9.17) is 11.6 Å². The molecule has 1 rings (SSSR count). The van der Waals surface area contributed by atoms with Gasteiger partial charge in [0.1, 0.15) is 11.6 Å². The van der Waals surface area contributed by atoms with Gasteiger partial charge in [0.2, 0.25) is 0 Å². The zero-order valence-electron chi connectivity index (χ0n) is 8.79. The van der Waals surface area contributed by atoms with Crippen molar-refractivity contribution in [2.75, 3.05) is 0 Å². The molecule has 0 aliphatic rings. The fourth-order valence-electron chi connectivity index (χ4n) is 1.48. The van der Waals surface area contributed by atoms with Gasteiger partial charge in [0.05, 0.1) is 0 Å². The number of carbonyl (C=O) groups is 2. The molecule has 0 heterocycles. The van der Waals surface area contributed by atoms with E-state index < -0.39 is 0 Å². The van der Waals surface area contributed by atoms with Crippen LogP contribution in [0.3, 0.4) is 0 Å². The van der Waals surface area contributed by atoms with Crippen molar-refractivity contribution in [3.8, 4) is 0 Å². The summed E-state index contributed by atoms with van der Waals surface area (Å²) in [4.78, 5) is 22.4. The van der Waals surface area contributed by atoms with Gasteiger partial charge in [-0.1, -0.05) is 23.7 Å². The second kappa shape index (κ2) is 5.08. The molecule has 80 valence electrons. The SMILES string of the molecule is CC(=O)CC(C(C)=O)c1ccc(Cl)cc1. The van der Waals surface area contributed by atoms with Gasteiger partial charge in [0.15, 0.2) is 0 Å². The van der Waals surface area contributed by atoms with Crippen LogP contribution in [0.2, 0.25) is 5.02 Å². The number of halogens is 1. The second-order valence-corrected chi connectivity index (χ2v) is 4.06. The van der Waals surface area contributed by atoms with Crippen molar-refractivity contribution in [2.45, 2.75) is 26.2 Å². The Morgan fingerprint density at radius 1 is 1.20 bits per heavy atom. The first-order valence-corrected chi connectivity index (χ1v) is 5.14. The Bertz CT molecular complexity index is 368. The topological polar surface area (TPSA) is 34.1 Å². The average molecular weight is 225 g/mol. The lowest BCUT2D eigenvalue weighted by Crippen LogP contribution is -2.12. The Morgan fingerprint density at radius 3 is 2.13 bits per heavy atom. The van der Waals surface area contributed by atoms with Gasteiger partial charge in [-0.25, -0.2) is 0 Å². The Balaban J connectivity index is 2.94. The Kier molecular flexibility index (Phi) is 4.04. The van der Waals surface area contributed by atoms with Gasteiger partial charge < -0.3 is 0 Å². The van der Waals surface area contributed by atoms with E-state index in [2.05, 4.69) is 0 Å². The summed E-state index contributed by atoms with van der Waals surface area (Å²) in [5, 5.41) is 0.629. The molecule has 1 aromatic rings. The van der Waals surface area contributed by atoms with Gasteiger partial charge in [-0.3, -0.25) is 9.59 Å². The number of carbonyl (C=O) groups excluding carboxylic acids is 2. The highest BCUT2D eigenvalue weighted by atomic mass is 35.5. The highest BCUT2D eigenvalue weighted by Gasteiger charge is 2.18. The van der Waals surface area contributed by atoms with Crippen LogP contribution in [0.15, 0.2) is 24.3 Å². The van der Waals surface area contributed by atoms with Crippen LogP contribution in [0.25, 0.3) is 0 Å². The van der Waals surface area contributed by atoms with Crippen molar-refractivity contribution < 1.29 is 9.59 Å². The van der Waals surface area contributed by atoms with Crippen LogP contribution >= 0.6 is 11.6 Å². The van der Waals surface area contributed by atoms with Gasteiger partial charge in [0, 0.05) is 17.4 Å². The first-order chi connectivity index (χ1) is 7.00. The maximum absolute atomic E-state index is 11.4. The van der Waals surface area contributed by atoms with E-state index in [0.29, 0.717) is 5.02 Å². The Morgan fingerprint density at radius 2 is 1.73 bits per heavy atom. The molecular formula is C12H13ClO2. The molecule has 0 saturated heterocycles. The van der Waals surface area contributed by atoms with Crippen molar-refractivity contribution >= 4 is 23.2 Å². The van der Waals surface area contributed by atoms with Crippen LogP contribution < -0.4 is 0 Å². The van der Waals surface area contributed by atoms with Crippen LogP contribution in [0.4, 0.5) is 0 Å². The number of hydrogen-bond donors (Lipinski definition) is 0. The molecule has 0 spiro atoms. The number of Topliss-reactive ketones (excluding diaryl/α,β-unsaturated/α-hetero) is 2. The minimum atomic E-state index is -0.334. The van der Waals surface area contributed by atoms with Gasteiger partial charge in [-0.2, -0.15) is 0 Å². The molecule has 0 radical (unpaired) electrons. The maximum atomic E-state index is 11.4. The van der Waals surface area contributed by atoms with E-state index in [1.54, 1.807) is 24.3 Å². The fourth-order valence-corrected chi connectivity index (χ4v) is 1.60. The summed E-state index contributed by atoms with van der Waals surface area (Å²) in [6.07, 6.45) is 0.261. The summed E-state index contributed by atoms with van der Waals surface area (Å²) < 4.78 is 0. The predicted octanol–water partition coefficient (Wildman–Crippen LogP) is 2.99. The summed E-state index contributed by atoms with van der Waals surface area (Å²) in [5.74, 6) is -0.308. The molecule has 1 unspecified atom stereocenters. The number of ketones is 2. The van der Waals surface area contributed by atoms with E-state index in [1.807, 2.05) is 0 Å². The third-order valence-corrected chi connectivity index (χ3v) is 2.51. The third kappa shape index (κ3) is 3.48. The first-order valence-electron chi connectivity index (χ1n) is 4.76. The molecule has 0 bridgehead atoms. The van der Waals surface area contributed by atoms with Crippen molar-refractivity contribution in [1.29, 1.82) is 0 Å². The van der Waals surface area contributed by atoms with Gasteiger partial charge in [0.25, 0.3) is 0 Å². The number of benzene rings is 1. The molecule has 15 heavy (non-hydrogen) atoms. The van der Waals surface area contributed by atoms with Crippen molar-refractivity contribution in [3.05, 3.63) is 34.9 Å². The number of rotatable bonds is 4. The predicted molar refractivity (Wildman–Crippen MR) is 60.2 cm³/mol. The monoisotopic (exact) mass is 224 g/mol. The zero-order chi connectivity index (χ0) is 11.4. The molecule has 0 saturated carbocycles. The van der Waals surface area contributed by atoms with Crippen LogP contribution in [0.1, 0.15) is 31.7 Å². The van der Waals surface area contributed by atoms with Crippen LogP contribution in [-0.2, 0) is 9.59 Å². The zero-order valence-corrected chi connectivity index (χ0v) is 9.54. The molecule has 0 fully saturated rings. The van der Waals surface area contributed by atoms with E-state index in [-0.39, 0.29) is 23.9 Å². The summed E-state index contributed by atoms with van der Waals surface area (Å²) in [6, 6.07) is 7.04. The molecule has 2 nitrogen and oxygen atoms in total. The van der Waals surface area contributed by atoms with E-state index >= 15 is 0 Å². The molecule has 0 aromatic heterocycles.